The van der Waals surface area contributed by atoms with E-state index in [0.29, 0.717) is 18.5 Å². The van der Waals surface area contributed by atoms with Crippen LogP contribution < -0.4 is 0 Å². The van der Waals surface area contributed by atoms with Crippen molar-refractivity contribution in [3.05, 3.63) is 35.8 Å². The maximum Gasteiger partial charge on any atom is 0.184 e. The molecule has 0 aromatic heterocycles. The second kappa shape index (κ2) is 7.16. The minimum absolute atomic E-state index is 0.209. The Kier molecular flexibility index (Phi) is 6.32. The average molecular weight is 182 g/mol. The van der Waals surface area contributed by atoms with Crippen LogP contribution in [0.1, 0.15) is 13.8 Å². The van der Waals surface area contributed by atoms with Crippen LogP contribution in [-0.4, -0.2) is 18.0 Å². The molecule has 0 fully saturated rings. The summed E-state index contributed by atoms with van der Waals surface area (Å²) >= 11 is 0. The highest BCUT2D eigenvalue weighted by atomic mass is 16.5. The van der Waals surface area contributed by atoms with Crippen molar-refractivity contribution in [1.82, 2.24) is 0 Å². The first-order valence-corrected chi connectivity index (χ1v) is 4.05. The van der Waals surface area contributed by atoms with Crippen molar-refractivity contribution >= 4 is 6.29 Å². The summed E-state index contributed by atoms with van der Waals surface area (Å²) in [6, 6.07) is 0. The molecule has 0 unspecified atom stereocenters. The Morgan fingerprint density at radius 1 is 1.54 bits per heavy atom. The maximum atomic E-state index is 10.4. The molecule has 0 atom stereocenters. The predicted molar refractivity (Wildman–Crippen MR) is 51.3 cm³/mol. The lowest BCUT2D eigenvalue weighted by Crippen LogP contribution is -1.93. The molecule has 0 saturated heterocycles. The van der Waals surface area contributed by atoms with Gasteiger partial charge in [0.05, 0.1) is 12.9 Å². The molecule has 0 amide bonds. The Labute approximate surface area is 78.0 Å². The van der Waals surface area contributed by atoms with Crippen molar-refractivity contribution < 1.29 is 14.6 Å². The minimum atomic E-state index is 0.209. The molecule has 72 valence electrons. The van der Waals surface area contributed by atoms with Crippen molar-refractivity contribution in [3.8, 4) is 0 Å². The standard InChI is InChI=1S/C10H14O3/c1-3-5-9(7-11)6-10(8-12)13-4-2/h3,5-8,11H,4H2,1-2H3/b5-3-,9-7?,10-6?. The van der Waals surface area contributed by atoms with Crippen LogP contribution in [0.3, 0.4) is 0 Å². The molecule has 0 aliphatic heterocycles. The van der Waals surface area contributed by atoms with Gasteiger partial charge in [-0.05, 0) is 19.9 Å². The van der Waals surface area contributed by atoms with Crippen LogP contribution in [0.5, 0.6) is 0 Å². The molecule has 0 radical (unpaired) electrons. The molecule has 0 rings (SSSR count). The Hall–Kier alpha value is -1.51. The van der Waals surface area contributed by atoms with Crippen LogP contribution in [0.25, 0.3) is 0 Å². The second-order valence-corrected chi connectivity index (χ2v) is 2.23. The minimum Gasteiger partial charge on any atom is -0.515 e. The van der Waals surface area contributed by atoms with Gasteiger partial charge in [-0.1, -0.05) is 12.2 Å². The first-order chi connectivity index (χ1) is 6.28. The molecule has 0 aromatic carbocycles. The molecule has 1 N–H and O–H groups in total. The largest absolute Gasteiger partial charge is 0.515 e. The zero-order valence-electron chi connectivity index (χ0n) is 7.86. The molecule has 0 aromatic rings. The van der Waals surface area contributed by atoms with Crippen LogP contribution in [-0.2, 0) is 9.53 Å². The zero-order chi connectivity index (χ0) is 10.1. The van der Waals surface area contributed by atoms with Gasteiger partial charge in [-0.15, -0.1) is 0 Å². The number of aliphatic hydroxyl groups excluding tert-OH is 1. The normalized spacial score (nSPS) is 13.4. The average Bonchev–Trinajstić information content (AvgIpc) is 2.16. The predicted octanol–water partition coefficient (Wildman–Crippen LogP) is 2.12. The van der Waals surface area contributed by atoms with E-state index in [4.69, 9.17) is 9.84 Å². The molecule has 3 nitrogen and oxygen atoms in total. The number of carbonyl (C=O) groups is 1. The van der Waals surface area contributed by atoms with E-state index in [1.165, 1.54) is 6.08 Å². The van der Waals surface area contributed by atoms with E-state index >= 15 is 0 Å². The Bertz CT molecular complexity index is 237. The second-order valence-electron chi connectivity index (χ2n) is 2.23. The van der Waals surface area contributed by atoms with Crippen molar-refractivity contribution in [3.63, 3.8) is 0 Å². The summed E-state index contributed by atoms with van der Waals surface area (Å²) in [6.07, 6.45) is 6.42. The maximum absolute atomic E-state index is 10.4. The molecular formula is C10H14O3. The summed E-state index contributed by atoms with van der Waals surface area (Å²) in [4.78, 5) is 10.4. The summed E-state index contributed by atoms with van der Waals surface area (Å²) in [5.74, 6) is 0.209. The fraction of sp³-hybridized carbons (Fsp3) is 0.300. The fourth-order valence-corrected chi connectivity index (χ4v) is 0.762. The SMILES string of the molecule is C/C=C\C(=CO)C=C(C=O)OCC. The third-order valence-electron chi connectivity index (χ3n) is 1.24. The number of hydrogen-bond donors (Lipinski definition) is 1. The smallest absolute Gasteiger partial charge is 0.184 e. The van der Waals surface area contributed by atoms with Gasteiger partial charge in [0, 0.05) is 5.57 Å². The number of hydrogen-bond acceptors (Lipinski definition) is 3. The zero-order valence-corrected chi connectivity index (χ0v) is 7.86. The lowest BCUT2D eigenvalue weighted by atomic mass is 10.2. The number of allylic oxidation sites excluding steroid dienone is 5. The summed E-state index contributed by atoms with van der Waals surface area (Å²) < 4.78 is 4.98. The van der Waals surface area contributed by atoms with Gasteiger partial charge in [-0.3, -0.25) is 4.79 Å². The van der Waals surface area contributed by atoms with Crippen LogP contribution in [0.2, 0.25) is 0 Å². The topological polar surface area (TPSA) is 46.5 Å². The number of ether oxygens (including phenoxy) is 1. The molecule has 0 saturated carbocycles. The van der Waals surface area contributed by atoms with Gasteiger partial charge in [0.25, 0.3) is 0 Å². The van der Waals surface area contributed by atoms with Crippen LogP contribution in [0.4, 0.5) is 0 Å². The van der Waals surface area contributed by atoms with Gasteiger partial charge in [0.2, 0.25) is 0 Å². The van der Waals surface area contributed by atoms with E-state index in [1.54, 1.807) is 19.1 Å². The van der Waals surface area contributed by atoms with Crippen molar-refractivity contribution in [2.75, 3.05) is 6.61 Å². The monoisotopic (exact) mass is 182 g/mol. The van der Waals surface area contributed by atoms with E-state index in [-0.39, 0.29) is 5.76 Å². The Morgan fingerprint density at radius 3 is 2.62 bits per heavy atom. The number of aldehydes is 1. The van der Waals surface area contributed by atoms with Crippen molar-refractivity contribution in [2.45, 2.75) is 13.8 Å². The van der Waals surface area contributed by atoms with Crippen molar-refractivity contribution in [1.29, 1.82) is 0 Å². The van der Waals surface area contributed by atoms with E-state index in [2.05, 4.69) is 0 Å². The first kappa shape index (κ1) is 11.5. The highest BCUT2D eigenvalue weighted by molar-refractivity contribution is 5.71. The van der Waals surface area contributed by atoms with Gasteiger partial charge in [0.1, 0.15) is 0 Å². The third kappa shape index (κ3) is 4.85. The highest BCUT2D eigenvalue weighted by Crippen LogP contribution is 2.03. The van der Waals surface area contributed by atoms with Crippen LogP contribution >= 0.6 is 0 Å². The van der Waals surface area contributed by atoms with Crippen LogP contribution in [0.15, 0.2) is 35.8 Å². The van der Waals surface area contributed by atoms with E-state index in [1.807, 2.05) is 6.92 Å². The Balaban J connectivity index is 4.54. The molecule has 13 heavy (non-hydrogen) atoms. The van der Waals surface area contributed by atoms with Gasteiger partial charge < -0.3 is 9.84 Å². The summed E-state index contributed by atoms with van der Waals surface area (Å²) in [6.45, 7) is 4.03. The lowest BCUT2D eigenvalue weighted by molar-refractivity contribution is -0.107. The highest BCUT2D eigenvalue weighted by Gasteiger charge is 1.95. The van der Waals surface area contributed by atoms with Gasteiger partial charge >= 0.3 is 0 Å². The van der Waals surface area contributed by atoms with Gasteiger partial charge in [-0.2, -0.15) is 0 Å². The quantitative estimate of drug-likeness (QED) is 0.306. The van der Waals surface area contributed by atoms with Crippen molar-refractivity contribution in [2.24, 2.45) is 0 Å². The molecule has 0 spiro atoms. The first-order valence-electron chi connectivity index (χ1n) is 4.05. The molecule has 0 bridgehead atoms. The summed E-state index contributed by atoms with van der Waals surface area (Å²) in [5.41, 5.74) is 0.526. The molecule has 0 aliphatic rings. The molecule has 0 heterocycles. The third-order valence-corrected chi connectivity index (χ3v) is 1.24. The Morgan fingerprint density at radius 2 is 2.23 bits per heavy atom. The summed E-state index contributed by atoms with van der Waals surface area (Å²) in [5, 5.41) is 8.74. The van der Waals surface area contributed by atoms with Gasteiger partial charge in [0.15, 0.2) is 12.0 Å². The number of aliphatic hydroxyl groups is 1. The molecular weight excluding hydrogens is 168 g/mol. The molecule has 3 heteroatoms. The van der Waals surface area contributed by atoms with Crippen LogP contribution in [0, 0.1) is 0 Å². The summed E-state index contributed by atoms with van der Waals surface area (Å²) in [7, 11) is 0. The van der Waals surface area contributed by atoms with E-state index < -0.39 is 0 Å². The molecule has 0 aliphatic carbocycles. The fourth-order valence-electron chi connectivity index (χ4n) is 0.762. The van der Waals surface area contributed by atoms with E-state index in [9.17, 15) is 4.79 Å². The lowest BCUT2D eigenvalue weighted by Gasteiger charge is -2.00. The number of carbonyl (C=O) groups excluding carboxylic acids is 1. The van der Waals surface area contributed by atoms with E-state index in [0.717, 1.165) is 6.26 Å². The van der Waals surface area contributed by atoms with Gasteiger partial charge in [-0.25, -0.2) is 0 Å². The number of rotatable bonds is 5.